The van der Waals surface area contributed by atoms with Gasteiger partial charge in [-0.15, -0.1) is 11.3 Å². The number of carbonyl (C=O) groups excluding carboxylic acids is 2. The Morgan fingerprint density at radius 3 is 2.62 bits per heavy atom. The molecule has 40 heavy (non-hydrogen) atoms. The van der Waals surface area contributed by atoms with Gasteiger partial charge in [-0.3, -0.25) is 9.59 Å². The zero-order valence-corrected chi connectivity index (χ0v) is 23.9. The minimum absolute atomic E-state index is 0.0629. The molecule has 0 atom stereocenters. The number of halogens is 1. The second-order valence-corrected chi connectivity index (χ2v) is 12.5. The molecule has 2 aliphatic heterocycles. The monoisotopic (exact) mass is 582 g/mol. The molecule has 0 aliphatic carbocycles. The SMILES string of the molecule is CC(C)N1CCC(NC(=O)c2nc3cc(C(=O)N4CC(O)C4)ccc3n2Cc2cc(-c3ccc(Cl)s3)on2)CC1. The van der Waals surface area contributed by atoms with Crippen molar-refractivity contribution >= 4 is 45.8 Å². The zero-order chi connectivity index (χ0) is 28.0. The maximum absolute atomic E-state index is 13.6. The number of carbonyl (C=O) groups is 2. The second-order valence-electron chi connectivity index (χ2n) is 10.8. The fraction of sp³-hybridized carbons (Fsp3) is 0.429. The average molecular weight is 583 g/mol. The number of nitrogens with zero attached hydrogens (tertiary/aromatic N) is 5. The number of piperidine rings is 1. The number of rotatable bonds is 7. The van der Waals surface area contributed by atoms with Crippen LogP contribution < -0.4 is 5.32 Å². The third-order valence-electron chi connectivity index (χ3n) is 7.64. The fourth-order valence-corrected chi connectivity index (χ4v) is 6.31. The van der Waals surface area contributed by atoms with E-state index >= 15 is 0 Å². The molecule has 0 saturated carbocycles. The van der Waals surface area contributed by atoms with Crippen LogP contribution in [-0.2, 0) is 6.54 Å². The summed E-state index contributed by atoms with van der Waals surface area (Å²) in [6, 6.07) is 11.3. The molecule has 0 unspecified atom stereocenters. The number of aliphatic hydroxyl groups excluding tert-OH is 1. The first-order valence-electron chi connectivity index (χ1n) is 13.5. The minimum Gasteiger partial charge on any atom is -0.389 e. The Kier molecular flexibility index (Phi) is 7.39. The minimum atomic E-state index is -0.479. The lowest BCUT2D eigenvalue weighted by atomic mass is 10.0. The summed E-state index contributed by atoms with van der Waals surface area (Å²) in [6.07, 6.45) is 1.27. The second kappa shape index (κ2) is 11.0. The highest BCUT2D eigenvalue weighted by Crippen LogP contribution is 2.32. The number of thiophene rings is 1. The number of β-amino-alcohol motifs (C(OH)–C–C–N with tert-alkyl or cyclic N) is 1. The molecule has 12 heteroatoms. The number of likely N-dealkylation sites (tertiary alicyclic amines) is 2. The van der Waals surface area contributed by atoms with Crippen molar-refractivity contribution in [1.82, 2.24) is 29.8 Å². The largest absolute Gasteiger partial charge is 0.389 e. The number of benzene rings is 1. The summed E-state index contributed by atoms with van der Waals surface area (Å²) >= 11 is 7.49. The Morgan fingerprint density at radius 2 is 1.95 bits per heavy atom. The van der Waals surface area contributed by atoms with Crippen molar-refractivity contribution in [2.75, 3.05) is 26.2 Å². The number of amides is 2. The summed E-state index contributed by atoms with van der Waals surface area (Å²) < 4.78 is 8.05. The molecular formula is C28H31ClN6O4S. The first kappa shape index (κ1) is 26.9. The van der Waals surface area contributed by atoms with Gasteiger partial charge in [0.1, 0.15) is 5.69 Å². The van der Waals surface area contributed by atoms with Crippen LogP contribution >= 0.6 is 22.9 Å². The van der Waals surface area contributed by atoms with Gasteiger partial charge in [0.15, 0.2) is 11.6 Å². The van der Waals surface area contributed by atoms with Gasteiger partial charge in [0.05, 0.1) is 32.9 Å². The Balaban J connectivity index is 1.29. The molecule has 2 saturated heterocycles. The van der Waals surface area contributed by atoms with Crippen LogP contribution in [0.25, 0.3) is 21.7 Å². The van der Waals surface area contributed by atoms with E-state index in [1.165, 1.54) is 11.3 Å². The van der Waals surface area contributed by atoms with Crippen molar-refractivity contribution in [3.63, 3.8) is 0 Å². The van der Waals surface area contributed by atoms with E-state index in [-0.39, 0.29) is 30.2 Å². The van der Waals surface area contributed by atoms with Gasteiger partial charge < -0.3 is 29.3 Å². The number of nitrogens with one attached hydrogen (secondary N) is 1. The standard InChI is InChI=1S/C28H31ClN6O4S/c1-16(2)33-9-7-18(8-10-33)30-27(37)26-31-21-11-17(28(38)34-14-20(36)15-34)3-4-22(21)35(26)13-19-12-23(39-32-19)24-5-6-25(29)40-24/h3-6,11-12,16,18,20,36H,7-10,13-15H2,1-2H3,(H,30,37). The lowest BCUT2D eigenvalue weighted by molar-refractivity contribution is 0.00590. The van der Waals surface area contributed by atoms with Gasteiger partial charge in [0, 0.05) is 49.9 Å². The molecule has 10 nitrogen and oxygen atoms in total. The summed E-state index contributed by atoms with van der Waals surface area (Å²) in [5.74, 6) is 0.435. The summed E-state index contributed by atoms with van der Waals surface area (Å²) in [6.45, 7) is 7.14. The summed E-state index contributed by atoms with van der Waals surface area (Å²) in [4.78, 5) is 36.0. The molecule has 2 fully saturated rings. The quantitative estimate of drug-likeness (QED) is 0.340. The van der Waals surface area contributed by atoms with Gasteiger partial charge in [-0.2, -0.15) is 0 Å². The number of hydrogen-bond donors (Lipinski definition) is 2. The van der Waals surface area contributed by atoms with E-state index in [0.717, 1.165) is 30.8 Å². The van der Waals surface area contributed by atoms with Crippen molar-refractivity contribution < 1.29 is 19.2 Å². The van der Waals surface area contributed by atoms with Crippen molar-refractivity contribution in [1.29, 1.82) is 0 Å². The lowest BCUT2D eigenvalue weighted by Gasteiger charge is -2.35. The van der Waals surface area contributed by atoms with Crippen LogP contribution in [0.5, 0.6) is 0 Å². The predicted molar refractivity (Wildman–Crippen MR) is 153 cm³/mol. The van der Waals surface area contributed by atoms with Gasteiger partial charge >= 0.3 is 0 Å². The molecule has 2 aliphatic rings. The Hall–Kier alpha value is -3.25. The van der Waals surface area contributed by atoms with E-state index in [1.807, 2.05) is 22.8 Å². The predicted octanol–water partition coefficient (Wildman–Crippen LogP) is 3.87. The summed E-state index contributed by atoms with van der Waals surface area (Å²) in [7, 11) is 0. The highest BCUT2D eigenvalue weighted by Gasteiger charge is 2.30. The highest BCUT2D eigenvalue weighted by molar-refractivity contribution is 7.19. The van der Waals surface area contributed by atoms with Crippen LogP contribution in [0.4, 0.5) is 0 Å². The molecule has 6 rings (SSSR count). The Labute approximate surface area is 240 Å². The number of fused-ring (bicyclic) bond motifs is 1. The third kappa shape index (κ3) is 5.38. The lowest BCUT2D eigenvalue weighted by Crippen LogP contribution is -2.53. The molecule has 210 valence electrons. The average Bonchev–Trinajstić information content (AvgIpc) is 3.65. The first-order chi connectivity index (χ1) is 19.2. The van der Waals surface area contributed by atoms with E-state index in [2.05, 4.69) is 29.2 Å². The van der Waals surface area contributed by atoms with E-state index in [1.54, 1.807) is 23.1 Å². The van der Waals surface area contributed by atoms with Crippen LogP contribution in [-0.4, -0.2) is 85.8 Å². The molecular weight excluding hydrogens is 552 g/mol. The number of hydrogen-bond acceptors (Lipinski definition) is 8. The normalized spacial score (nSPS) is 17.1. The molecule has 2 N–H and O–H groups in total. The Morgan fingerprint density at radius 1 is 1.18 bits per heavy atom. The van der Waals surface area contributed by atoms with Gasteiger partial charge in [-0.05, 0) is 57.0 Å². The van der Waals surface area contributed by atoms with Crippen LogP contribution in [0.1, 0.15) is 53.4 Å². The molecule has 0 bridgehead atoms. The van der Waals surface area contributed by atoms with Crippen LogP contribution in [0, 0.1) is 0 Å². The zero-order valence-electron chi connectivity index (χ0n) is 22.3. The van der Waals surface area contributed by atoms with E-state index in [4.69, 9.17) is 21.1 Å². The summed E-state index contributed by atoms with van der Waals surface area (Å²) in [5.41, 5.74) is 2.35. The fourth-order valence-electron chi connectivity index (χ4n) is 5.32. The molecule has 5 heterocycles. The first-order valence-corrected chi connectivity index (χ1v) is 14.7. The van der Waals surface area contributed by atoms with Crippen molar-refractivity contribution in [3.8, 4) is 10.6 Å². The van der Waals surface area contributed by atoms with Gasteiger partial charge in [-0.1, -0.05) is 16.8 Å². The van der Waals surface area contributed by atoms with Gasteiger partial charge in [-0.25, -0.2) is 4.98 Å². The molecule has 1 aromatic carbocycles. The van der Waals surface area contributed by atoms with Crippen molar-refractivity contribution in [2.45, 2.75) is 51.4 Å². The molecule has 0 spiro atoms. The van der Waals surface area contributed by atoms with Crippen molar-refractivity contribution in [2.24, 2.45) is 0 Å². The Bertz CT molecular complexity index is 1550. The van der Waals surface area contributed by atoms with E-state index < -0.39 is 6.10 Å². The highest BCUT2D eigenvalue weighted by atomic mass is 35.5. The molecule has 0 radical (unpaired) electrons. The molecule has 3 aromatic heterocycles. The van der Waals surface area contributed by atoms with E-state index in [0.29, 0.717) is 51.5 Å². The number of imidazole rings is 1. The number of aromatic nitrogens is 3. The van der Waals surface area contributed by atoms with Crippen molar-refractivity contribution in [3.05, 3.63) is 57.8 Å². The van der Waals surface area contributed by atoms with Gasteiger partial charge in [0.2, 0.25) is 0 Å². The van der Waals surface area contributed by atoms with E-state index in [9.17, 15) is 14.7 Å². The molecule has 2 amide bonds. The maximum Gasteiger partial charge on any atom is 0.287 e. The third-order valence-corrected chi connectivity index (χ3v) is 8.88. The molecule has 4 aromatic rings. The number of aliphatic hydroxyl groups is 1. The topological polar surface area (TPSA) is 117 Å². The van der Waals surface area contributed by atoms with Crippen LogP contribution in [0.3, 0.4) is 0 Å². The smallest absolute Gasteiger partial charge is 0.287 e. The maximum atomic E-state index is 13.6. The summed E-state index contributed by atoms with van der Waals surface area (Å²) in [5, 5.41) is 17.0. The van der Waals surface area contributed by atoms with Crippen LogP contribution in [0.15, 0.2) is 40.9 Å². The van der Waals surface area contributed by atoms with Crippen LogP contribution in [0.2, 0.25) is 4.34 Å². The van der Waals surface area contributed by atoms with Gasteiger partial charge in [0.25, 0.3) is 11.8 Å².